The van der Waals surface area contributed by atoms with Crippen LogP contribution in [0.25, 0.3) is 5.76 Å². The minimum absolute atomic E-state index is 0.0361. The second-order valence-corrected chi connectivity index (χ2v) is 8.10. The number of carbonyl (C=O) groups excluding carboxylic acids is 2. The molecule has 4 rings (SSSR count). The Morgan fingerprint density at radius 2 is 1.59 bits per heavy atom. The van der Waals surface area contributed by atoms with Gasteiger partial charge in [-0.2, -0.15) is 0 Å². The number of aryl methyl sites for hydroxylation is 3. The molecule has 2 N–H and O–H groups in total. The van der Waals surface area contributed by atoms with Crippen molar-refractivity contribution in [3.8, 4) is 5.75 Å². The van der Waals surface area contributed by atoms with Crippen LogP contribution in [0.5, 0.6) is 5.75 Å². The van der Waals surface area contributed by atoms with Gasteiger partial charge in [0.15, 0.2) is 0 Å². The van der Waals surface area contributed by atoms with Gasteiger partial charge < -0.3 is 10.2 Å². The molecular formula is C27H25NO4. The maximum absolute atomic E-state index is 13.2. The number of amides is 1. The Hall–Kier alpha value is -3.86. The van der Waals surface area contributed by atoms with Gasteiger partial charge in [0, 0.05) is 11.3 Å². The maximum atomic E-state index is 13.2. The molecule has 1 fully saturated rings. The van der Waals surface area contributed by atoms with Crippen LogP contribution in [0.2, 0.25) is 0 Å². The Morgan fingerprint density at radius 3 is 2.22 bits per heavy atom. The number of ketones is 1. The molecule has 0 saturated carbocycles. The molecule has 3 aromatic rings. The average molecular weight is 428 g/mol. The van der Waals surface area contributed by atoms with Crippen LogP contribution in [0.4, 0.5) is 5.69 Å². The van der Waals surface area contributed by atoms with E-state index in [-0.39, 0.29) is 17.1 Å². The third-order valence-electron chi connectivity index (χ3n) is 5.92. The molecular weight excluding hydrogens is 402 g/mol. The van der Waals surface area contributed by atoms with Crippen LogP contribution in [0, 0.1) is 13.8 Å². The summed E-state index contributed by atoms with van der Waals surface area (Å²) in [4.78, 5) is 27.8. The van der Waals surface area contributed by atoms with Crippen molar-refractivity contribution in [2.24, 2.45) is 0 Å². The zero-order valence-corrected chi connectivity index (χ0v) is 18.3. The van der Waals surface area contributed by atoms with Crippen molar-refractivity contribution in [2.75, 3.05) is 4.90 Å². The first-order chi connectivity index (χ1) is 15.3. The summed E-state index contributed by atoms with van der Waals surface area (Å²) in [6.45, 7) is 5.80. The molecule has 1 amide bonds. The van der Waals surface area contributed by atoms with Crippen LogP contribution in [0.3, 0.4) is 0 Å². The number of aliphatic hydroxyl groups excluding tert-OH is 1. The Labute approximate surface area is 187 Å². The Kier molecular flexibility index (Phi) is 5.57. The monoisotopic (exact) mass is 427 g/mol. The normalized spacial score (nSPS) is 17.7. The summed E-state index contributed by atoms with van der Waals surface area (Å²) in [5.74, 6) is -1.55. The molecule has 1 atom stereocenters. The number of phenols is 1. The first-order valence-electron chi connectivity index (χ1n) is 10.6. The number of carbonyl (C=O) groups is 2. The Morgan fingerprint density at radius 1 is 0.938 bits per heavy atom. The van der Waals surface area contributed by atoms with Gasteiger partial charge in [-0.05, 0) is 67.3 Å². The van der Waals surface area contributed by atoms with Crippen LogP contribution in [0.15, 0.2) is 72.3 Å². The summed E-state index contributed by atoms with van der Waals surface area (Å²) in [5.41, 5.74) is 4.60. The fourth-order valence-corrected chi connectivity index (χ4v) is 4.10. The Bertz CT molecular complexity index is 1220. The molecule has 1 unspecified atom stereocenters. The number of hydrogen-bond donors (Lipinski definition) is 2. The molecule has 1 aliphatic rings. The lowest BCUT2D eigenvalue weighted by molar-refractivity contribution is -0.132. The zero-order chi connectivity index (χ0) is 23.0. The minimum Gasteiger partial charge on any atom is -0.508 e. The van der Waals surface area contributed by atoms with Crippen molar-refractivity contribution < 1.29 is 19.8 Å². The summed E-state index contributed by atoms with van der Waals surface area (Å²) in [5, 5.41) is 21.0. The van der Waals surface area contributed by atoms with Gasteiger partial charge in [-0.25, -0.2) is 0 Å². The SMILES string of the molecule is CCc1ccc(N2C(=O)C(=O)/C(=C(/O)c3cc(C)ccc3C)C2c2ccc(O)cc2)cc1. The molecule has 1 saturated heterocycles. The molecule has 0 spiro atoms. The van der Waals surface area contributed by atoms with Crippen LogP contribution in [-0.2, 0) is 16.0 Å². The van der Waals surface area contributed by atoms with Gasteiger partial charge >= 0.3 is 0 Å². The number of anilines is 1. The predicted molar refractivity (Wildman–Crippen MR) is 125 cm³/mol. The van der Waals surface area contributed by atoms with Gasteiger partial charge in [0.1, 0.15) is 11.5 Å². The third-order valence-corrected chi connectivity index (χ3v) is 5.92. The number of aliphatic hydroxyl groups is 1. The Balaban J connectivity index is 1.95. The van der Waals surface area contributed by atoms with Crippen LogP contribution >= 0.6 is 0 Å². The number of benzene rings is 3. The number of phenolic OH excluding ortho intramolecular Hbond substituents is 1. The fourth-order valence-electron chi connectivity index (χ4n) is 4.10. The second kappa shape index (κ2) is 8.35. The quantitative estimate of drug-likeness (QED) is 0.341. The summed E-state index contributed by atoms with van der Waals surface area (Å²) in [6.07, 6.45) is 0.854. The molecule has 0 aromatic heterocycles. The first-order valence-corrected chi connectivity index (χ1v) is 10.6. The van der Waals surface area contributed by atoms with Crippen LogP contribution in [-0.4, -0.2) is 21.9 Å². The summed E-state index contributed by atoms with van der Waals surface area (Å²) >= 11 is 0. The molecule has 0 radical (unpaired) electrons. The average Bonchev–Trinajstić information content (AvgIpc) is 3.06. The van der Waals surface area contributed by atoms with Crippen molar-refractivity contribution in [2.45, 2.75) is 33.2 Å². The van der Waals surface area contributed by atoms with E-state index < -0.39 is 17.7 Å². The fraction of sp³-hybridized carbons (Fsp3) is 0.185. The van der Waals surface area contributed by atoms with E-state index in [9.17, 15) is 19.8 Å². The second-order valence-electron chi connectivity index (χ2n) is 8.10. The highest BCUT2D eigenvalue weighted by Crippen LogP contribution is 2.42. The van der Waals surface area contributed by atoms with Crippen LogP contribution < -0.4 is 4.90 Å². The molecule has 32 heavy (non-hydrogen) atoms. The predicted octanol–water partition coefficient (Wildman–Crippen LogP) is 5.20. The van der Waals surface area contributed by atoms with E-state index in [1.54, 1.807) is 12.1 Å². The summed E-state index contributed by atoms with van der Waals surface area (Å²) in [6, 6.07) is 18.6. The van der Waals surface area contributed by atoms with Crippen molar-refractivity contribution in [1.82, 2.24) is 0 Å². The van der Waals surface area contributed by atoms with E-state index in [0.717, 1.165) is 23.1 Å². The van der Waals surface area contributed by atoms with Crippen molar-refractivity contribution in [1.29, 1.82) is 0 Å². The first kappa shape index (κ1) is 21.4. The van der Waals surface area contributed by atoms with E-state index in [4.69, 9.17) is 0 Å². The van der Waals surface area contributed by atoms with Gasteiger partial charge in [-0.3, -0.25) is 14.5 Å². The summed E-state index contributed by atoms with van der Waals surface area (Å²) < 4.78 is 0. The number of hydrogen-bond acceptors (Lipinski definition) is 4. The van der Waals surface area contributed by atoms with Gasteiger partial charge in [-0.15, -0.1) is 0 Å². The van der Waals surface area contributed by atoms with Crippen molar-refractivity contribution in [3.63, 3.8) is 0 Å². The third kappa shape index (κ3) is 3.66. The number of nitrogens with zero attached hydrogens (tertiary/aromatic N) is 1. The van der Waals surface area contributed by atoms with Gasteiger partial charge in [0.2, 0.25) is 0 Å². The van der Waals surface area contributed by atoms with E-state index in [0.29, 0.717) is 16.8 Å². The highest BCUT2D eigenvalue weighted by molar-refractivity contribution is 6.51. The molecule has 3 aromatic carbocycles. The minimum atomic E-state index is -0.817. The van der Waals surface area contributed by atoms with E-state index in [1.165, 1.54) is 17.0 Å². The lowest BCUT2D eigenvalue weighted by atomic mass is 9.93. The van der Waals surface area contributed by atoms with E-state index >= 15 is 0 Å². The largest absolute Gasteiger partial charge is 0.508 e. The van der Waals surface area contributed by atoms with E-state index in [1.807, 2.05) is 63.2 Å². The van der Waals surface area contributed by atoms with Gasteiger partial charge in [0.25, 0.3) is 11.7 Å². The molecule has 5 nitrogen and oxygen atoms in total. The summed E-state index contributed by atoms with van der Waals surface area (Å²) in [7, 11) is 0. The highest BCUT2D eigenvalue weighted by Gasteiger charge is 2.47. The standard InChI is InChI=1S/C27H25NO4/c1-4-18-7-11-20(12-8-18)28-24(19-9-13-21(29)14-10-19)23(26(31)27(28)32)25(30)22-15-16(2)5-6-17(22)3/h5-15,24,29-30H,4H2,1-3H3/b25-23+. The molecule has 162 valence electrons. The van der Waals surface area contributed by atoms with Gasteiger partial charge in [-0.1, -0.05) is 48.9 Å². The maximum Gasteiger partial charge on any atom is 0.300 e. The molecule has 1 heterocycles. The molecule has 0 bridgehead atoms. The van der Waals surface area contributed by atoms with Gasteiger partial charge in [0.05, 0.1) is 11.6 Å². The van der Waals surface area contributed by atoms with E-state index in [2.05, 4.69) is 0 Å². The smallest absolute Gasteiger partial charge is 0.300 e. The number of Topliss-reactive ketones (excluding diaryl/α,β-unsaturated/α-hetero) is 1. The highest BCUT2D eigenvalue weighted by atomic mass is 16.3. The lowest BCUT2D eigenvalue weighted by Gasteiger charge is -2.26. The number of aromatic hydroxyl groups is 1. The van der Waals surface area contributed by atoms with Crippen molar-refractivity contribution >= 4 is 23.1 Å². The number of rotatable bonds is 4. The topological polar surface area (TPSA) is 77.8 Å². The molecule has 1 aliphatic heterocycles. The lowest BCUT2D eigenvalue weighted by Crippen LogP contribution is -2.29. The van der Waals surface area contributed by atoms with Crippen molar-refractivity contribution in [3.05, 3.63) is 100 Å². The zero-order valence-electron chi connectivity index (χ0n) is 18.3. The molecule has 5 heteroatoms. The van der Waals surface area contributed by atoms with Crippen LogP contribution in [0.1, 0.15) is 40.8 Å². The molecule has 0 aliphatic carbocycles.